The van der Waals surface area contributed by atoms with E-state index in [1.807, 2.05) is 64.1 Å². The van der Waals surface area contributed by atoms with Gasteiger partial charge in [-0.2, -0.15) is 5.10 Å². The number of nitrogens with zero attached hydrogens (tertiary/aromatic N) is 3. The lowest BCUT2D eigenvalue weighted by Gasteiger charge is -2.14. The van der Waals surface area contributed by atoms with Crippen molar-refractivity contribution in [3.63, 3.8) is 0 Å². The van der Waals surface area contributed by atoms with Gasteiger partial charge in [0.05, 0.1) is 11.6 Å². The highest BCUT2D eigenvalue weighted by atomic mass is 16.2. The molecule has 0 aliphatic carbocycles. The third-order valence-electron chi connectivity index (χ3n) is 5.81. The van der Waals surface area contributed by atoms with Crippen LogP contribution < -0.4 is 16.0 Å². The molecule has 2 amide bonds. The van der Waals surface area contributed by atoms with Gasteiger partial charge >= 0.3 is 0 Å². The minimum atomic E-state index is -0.181. The fourth-order valence-electron chi connectivity index (χ4n) is 3.87. The highest BCUT2D eigenvalue weighted by Crippen LogP contribution is 2.28. The smallest absolute Gasteiger partial charge is 0.253 e. The van der Waals surface area contributed by atoms with Crippen LogP contribution in [-0.2, 0) is 0 Å². The zero-order chi connectivity index (χ0) is 24.2. The number of anilines is 2. The Morgan fingerprint density at radius 1 is 1.06 bits per heavy atom. The number of aromatic nitrogens is 3. The first-order chi connectivity index (χ1) is 16.4. The summed E-state index contributed by atoms with van der Waals surface area (Å²) in [5.74, 6) is 0.238. The molecule has 1 atom stereocenters. The van der Waals surface area contributed by atoms with Crippen LogP contribution in [0.5, 0.6) is 0 Å². The Morgan fingerprint density at radius 3 is 2.56 bits per heavy atom. The number of hydrogen-bond acceptors (Lipinski definition) is 5. The minimum absolute atomic E-state index is 0.135. The average molecular weight is 457 g/mol. The van der Waals surface area contributed by atoms with Crippen LogP contribution in [0.3, 0.4) is 0 Å². The molecule has 3 N–H and O–H groups in total. The second-order valence-electron chi connectivity index (χ2n) is 8.19. The molecule has 0 saturated heterocycles. The lowest BCUT2D eigenvalue weighted by Crippen LogP contribution is -2.26. The quantitative estimate of drug-likeness (QED) is 0.384. The highest BCUT2D eigenvalue weighted by Gasteiger charge is 2.20. The normalized spacial score (nSPS) is 11.8. The zero-order valence-electron chi connectivity index (χ0n) is 19.7. The van der Waals surface area contributed by atoms with E-state index in [0.29, 0.717) is 29.0 Å². The van der Waals surface area contributed by atoms with E-state index in [1.165, 1.54) is 6.33 Å². The molecule has 34 heavy (non-hydrogen) atoms. The van der Waals surface area contributed by atoms with Crippen molar-refractivity contribution in [3.05, 3.63) is 88.9 Å². The molecular weight excluding hydrogens is 428 g/mol. The number of hydrogen-bond donors (Lipinski definition) is 3. The maximum absolute atomic E-state index is 13.1. The van der Waals surface area contributed by atoms with Crippen LogP contribution in [0.2, 0.25) is 0 Å². The van der Waals surface area contributed by atoms with Gasteiger partial charge in [-0.25, -0.2) is 9.50 Å². The largest absolute Gasteiger partial charge is 0.352 e. The Kier molecular flexibility index (Phi) is 6.58. The molecule has 0 saturated carbocycles. The monoisotopic (exact) mass is 456 g/mol. The summed E-state index contributed by atoms with van der Waals surface area (Å²) in [4.78, 5) is 29.8. The van der Waals surface area contributed by atoms with E-state index in [0.717, 1.165) is 22.4 Å². The summed E-state index contributed by atoms with van der Waals surface area (Å²) < 4.78 is 1.65. The molecule has 8 heteroatoms. The summed E-state index contributed by atoms with van der Waals surface area (Å²) in [6.45, 7) is 8.22. The summed E-state index contributed by atoms with van der Waals surface area (Å²) in [5.41, 5.74) is 5.29. The van der Waals surface area contributed by atoms with Crippen molar-refractivity contribution in [2.45, 2.75) is 33.7 Å². The van der Waals surface area contributed by atoms with Crippen molar-refractivity contribution in [1.82, 2.24) is 25.2 Å². The Balaban J connectivity index is 1.64. The third kappa shape index (κ3) is 4.61. The number of nitrogens with one attached hydrogen (secondary N) is 3. The number of aryl methyl sites for hydroxylation is 2. The lowest BCUT2D eigenvalue weighted by atomic mass is 10.1. The van der Waals surface area contributed by atoms with Crippen molar-refractivity contribution < 1.29 is 9.59 Å². The Labute approximate surface area is 198 Å². The SMILES string of the molecule is CCNC(=O)c1ccc(C)c(Nc2ncnn3cc(C(=O)N[C@@H](C)c4ccccc4)c(C)c23)c1. The number of fused-ring (bicyclic) bond motifs is 1. The topological polar surface area (TPSA) is 100 Å². The van der Waals surface area contributed by atoms with Gasteiger partial charge in [-0.05, 0) is 56.5 Å². The Hall–Kier alpha value is -4.20. The van der Waals surface area contributed by atoms with Gasteiger partial charge in [0.15, 0.2) is 5.82 Å². The first-order valence-electron chi connectivity index (χ1n) is 11.2. The average Bonchev–Trinajstić information content (AvgIpc) is 3.18. The van der Waals surface area contributed by atoms with Crippen LogP contribution in [0, 0.1) is 13.8 Å². The zero-order valence-corrected chi connectivity index (χ0v) is 19.7. The first kappa shape index (κ1) is 23.0. The van der Waals surface area contributed by atoms with Crippen LogP contribution in [0.1, 0.15) is 57.3 Å². The maximum Gasteiger partial charge on any atom is 0.253 e. The summed E-state index contributed by atoms with van der Waals surface area (Å²) in [5, 5.41) is 13.5. The van der Waals surface area contributed by atoms with E-state index in [1.54, 1.807) is 22.8 Å². The molecule has 0 radical (unpaired) electrons. The number of carbonyl (C=O) groups is 2. The Bertz CT molecular complexity index is 1350. The molecule has 0 aliphatic rings. The van der Waals surface area contributed by atoms with Crippen molar-refractivity contribution in [2.24, 2.45) is 0 Å². The predicted octanol–water partition coefficient (Wildman–Crippen LogP) is 4.33. The first-order valence-corrected chi connectivity index (χ1v) is 11.2. The standard InChI is InChI=1S/C26H28N6O2/c1-5-27-25(33)20-12-11-16(2)22(13-20)31-24-23-17(3)21(14-32(23)29-15-28-24)26(34)30-18(4)19-9-7-6-8-10-19/h6-15,18H,5H2,1-4H3,(H,27,33)(H,30,34)(H,28,29,31)/t18-/m0/s1. The van der Waals surface area contributed by atoms with E-state index in [9.17, 15) is 9.59 Å². The summed E-state index contributed by atoms with van der Waals surface area (Å²) in [7, 11) is 0. The summed E-state index contributed by atoms with van der Waals surface area (Å²) >= 11 is 0. The molecule has 2 heterocycles. The van der Waals surface area contributed by atoms with Crippen LogP contribution in [0.25, 0.3) is 5.52 Å². The summed E-state index contributed by atoms with van der Waals surface area (Å²) in [6.07, 6.45) is 3.15. The van der Waals surface area contributed by atoms with Crippen LogP contribution in [0.4, 0.5) is 11.5 Å². The molecule has 2 aromatic heterocycles. The molecule has 0 aliphatic heterocycles. The van der Waals surface area contributed by atoms with Crippen LogP contribution in [-0.4, -0.2) is 33.0 Å². The van der Waals surface area contributed by atoms with Gasteiger partial charge in [-0.15, -0.1) is 0 Å². The van der Waals surface area contributed by atoms with E-state index in [2.05, 4.69) is 26.0 Å². The molecule has 4 rings (SSSR count). The van der Waals surface area contributed by atoms with E-state index in [4.69, 9.17) is 0 Å². The number of carbonyl (C=O) groups excluding carboxylic acids is 2. The molecular formula is C26H28N6O2. The fraction of sp³-hybridized carbons (Fsp3) is 0.231. The van der Waals surface area contributed by atoms with E-state index < -0.39 is 0 Å². The maximum atomic E-state index is 13.1. The van der Waals surface area contributed by atoms with E-state index >= 15 is 0 Å². The number of rotatable bonds is 7. The molecule has 0 unspecified atom stereocenters. The molecule has 4 aromatic rings. The van der Waals surface area contributed by atoms with Gasteiger partial charge in [0.25, 0.3) is 11.8 Å². The van der Waals surface area contributed by atoms with Crippen LogP contribution >= 0.6 is 0 Å². The van der Waals surface area contributed by atoms with Gasteiger partial charge in [-0.3, -0.25) is 9.59 Å². The molecule has 0 spiro atoms. The molecule has 0 bridgehead atoms. The van der Waals surface area contributed by atoms with Gasteiger partial charge in [0, 0.05) is 24.0 Å². The van der Waals surface area contributed by atoms with Gasteiger partial charge in [0.1, 0.15) is 11.8 Å². The van der Waals surface area contributed by atoms with E-state index in [-0.39, 0.29) is 17.9 Å². The van der Waals surface area contributed by atoms with Crippen LogP contribution in [0.15, 0.2) is 61.1 Å². The number of benzene rings is 2. The predicted molar refractivity (Wildman–Crippen MR) is 133 cm³/mol. The highest BCUT2D eigenvalue weighted by molar-refractivity contribution is 5.99. The lowest BCUT2D eigenvalue weighted by molar-refractivity contribution is 0.0936. The number of amides is 2. The molecule has 174 valence electrons. The Morgan fingerprint density at radius 2 is 1.82 bits per heavy atom. The minimum Gasteiger partial charge on any atom is -0.352 e. The fourth-order valence-corrected chi connectivity index (χ4v) is 3.87. The van der Waals surface area contributed by atoms with Gasteiger partial charge < -0.3 is 16.0 Å². The van der Waals surface area contributed by atoms with Gasteiger partial charge in [-0.1, -0.05) is 36.4 Å². The second kappa shape index (κ2) is 9.74. The van der Waals surface area contributed by atoms with Crippen molar-refractivity contribution in [1.29, 1.82) is 0 Å². The van der Waals surface area contributed by atoms with Crippen molar-refractivity contribution in [2.75, 3.05) is 11.9 Å². The third-order valence-corrected chi connectivity index (χ3v) is 5.81. The molecule has 2 aromatic carbocycles. The van der Waals surface area contributed by atoms with Gasteiger partial charge in [0.2, 0.25) is 0 Å². The summed E-state index contributed by atoms with van der Waals surface area (Å²) in [6, 6.07) is 15.2. The van der Waals surface area contributed by atoms with Crippen molar-refractivity contribution >= 4 is 28.8 Å². The second-order valence-corrected chi connectivity index (χ2v) is 8.19. The molecule has 0 fully saturated rings. The molecule has 8 nitrogen and oxygen atoms in total. The van der Waals surface area contributed by atoms with Crippen molar-refractivity contribution in [3.8, 4) is 0 Å².